The molecule has 1 fully saturated rings. The number of aliphatic hydroxyl groups is 3. The molecule has 0 aromatic heterocycles. The second kappa shape index (κ2) is 6.51. The van der Waals surface area contributed by atoms with E-state index in [-0.39, 0.29) is 6.61 Å². The number of hydrogen-bond donors (Lipinski definition) is 3. The molecule has 20 heavy (non-hydrogen) atoms. The molecule has 0 amide bonds. The van der Waals surface area contributed by atoms with Gasteiger partial charge in [-0.15, -0.1) is 0 Å². The monoisotopic (exact) mass is 284 g/mol. The standard InChI is InChI=1S/C14H20O6/c1-8-13(11(15)12(16)14(17)20-8)19-7-9-3-5-10(18-2)6-4-9/h3-6,8,11-17H,7H2,1-2H3/t8-,11-,12+,13-,14?/m0/s1. The lowest BCUT2D eigenvalue weighted by Gasteiger charge is -2.39. The summed E-state index contributed by atoms with van der Waals surface area (Å²) in [5, 5.41) is 28.9. The van der Waals surface area contributed by atoms with Gasteiger partial charge in [-0.25, -0.2) is 0 Å². The van der Waals surface area contributed by atoms with Gasteiger partial charge < -0.3 is 29.5 Å². The van der Waals surface area contributed by atoms with E-state index in [0.717, 1.165) is 11.3 Å². The van der Waals surface area contributed by atoms with E-state index in [4.69, 9.17) is 14.2 Å². The van der Waals surface area contributed by atoms with Crippen LogP contribution in [0.2, 0.25) is 0 Å². The molecule has 112 valence electrons. The van der Waals surface area contributed by atoms with Crippen LogP contribution in [0.5, 0.6) is 5.75 Å². The molecule has 1 heterocycles. The number of rotatable bonds is 4. The van der Waals surface area contributed by atoms with E-state index >= 15 is 0 Å². The average Bonchev–Trinajstić information content (AvgIpc) is 2.45. The third kappa shape index (κ3) is 3.28. The molecule has 1 aliphatic heterocycles. The number of aliphatic hydroxyl groups excluding tert-OH is 3. The Bertz CT molecular complexity index is 420. The Morgan fingerprint density at radius 1 is 1.10 bits per heavy atom. The molecule has 1 aromatic rings. The van der Waals surface area contributed by atoms with Gasteiger partial charge in [0.2, 0.25) is 0 Å². The molecule has 6 nitrogen and oxygen atoms in total. The van der Waals surface area contributed by atoms with E-state index in [1.807, 2.05) is 24.3 Å². The zero-order chi connectivity index (χ0) is 14.7. The fraction of sp³-hybridized carbons (Fsp3) is 0.571. The summed E-state index contributed by atoms with van der Waals surface area (Å²) in [6, 6.07) is 7.33. The summed E-state index contributed by atoms with van der Waals surface area (Å²) >= 11 is 0. The van der Waals surface area contributed by atoms with Crippen molar-refractivity contribution in [1.29, 1.82) is 0 Å². The third-order valence-electron chi connectivity index (χ3n) is 3.40. The quantitative estimate of drug-likeness (QED) is 0.723. The van der Waals surface area contributed by atoms with Crippen LogP contribution in [-0.2, 0) is 16.1 Å². The molecular weight excluding hydrogens is 264 g/mol. The van der Waals surface area contributed by atoms with E-state index in [1.165, 1.54) is 0 Å². The van der Waals surface area contributed by atoms with E-state index in [2.05, 4.69) is 0 Å². The summed E-state index contributed by atoms with van der Waals surface area (Å²) in [4.78, 5) is 0. The van der Waals surface area contributed by atoms with Crippen molar-refractivity contribution in [3.05, 3.63) is 29.8 Å². The van der Waals surface area contributed by atoms with Crippen molar-refractivity contribution in [2.45, 2.75) is 44.2 Å². The summed E-state index contributed by atoms with van der Waals surface area (Å²) in [6.45, 7) is 1.94. The summed E-state index contributed by atoms with van der Waals surface area (Å²) in [6.07, 6.45) is -5.16. The first-order chi connectivity index (χ1) is 9.52. The Balaban J connectivity index is 1.94. The zero-order valence-electron chi connectivity index (χ0n) is 11.5. The van der Waals surface area contributed by atoms with Crippen molar-refractivity contribution in [3.8, 4) is 5.75 Å². The molecule has 0 spiro atoms. The molecule has 5 atom stereocenters. The Hall–Kier alpha value is -1.18. The van der Waals surface area contributed by atoms with Gasteiger partial charge >= 0.3 is 0 Å². The topological polar surface area (TPSA) is 88.4 Å². The highest BCUT2D eigenvalue weighted by Gasteiger charge is 2.42. The summed E-state index contributed by atoms with van der Waals surface area (Å²) < 4.78 is 15.8. The minimum atomic E-state index is -1.39. The van der Waals surface area contributed by atoms with Crippen LogP contribution in [0.1, 0.15) is 12.5 Å². The van der Waals surface area contributed by atoms with Crippen LogP contribution < -0.4 is 4.74 Å². The van der Waals surface area contributed by atoms with Crippen LogP contribution >= 0.6 is 0 Å². The van der Waals surface area contributed by atoms with Crippen LogP contribution in [0.3, 0.4) is 0 Å². The summed E-state index contributed by atoms with van der Waals surface area (Å²) in [7, 11) is 1.59. The number of hydrogen-bond acceptors (Lipinski definition) is 6. The van der Waals surface area contributed by atoms with Crippen LogP contribution in [0.25, 0.3) is 0 Å². The lowest BCUT2D eigenvalue weighted by molar-refractivity contribution is -0.287. The van der Waals surface area contributed by atoms with Crippen LogP contribution in [-0.4, -0.2) is 53.1 Å². The van der Waals surface area contributed by atoms with Gasteiger partial charge in [0.1, 0.15) is 24.1 Å². The highest BCUT2D eigenvalue weighted by Crippen LogP contribution is 2.23. The fourth-order valence-electron chi connectivity index (χ4n) is 2.17. The van der Waals surface area contributed by atoms with E-state index in [1.54, 1.807) is 14.0 Å². The minimum absolute atomic E-state index is 0.266. The summed E-state index contributed by atoms with van der Waals surface area (Å²) in [5.74, 6) is 0.752. The maximum Gasteiger partial charge on any atom is 0.183 e. The first kappa shape index (κ1) is 15.2. The van der Waals surface area contributed by atoms with Crippen LogP contribution in [0.15, 0.2) is 24.3 Å². The lowest BCUT2D eigenvalue weighted by atomic mass is 10.00. The molecule has 6 heteroatoms. The fourth-order valence-corrected chi connectivity index (χ4v) is 2.17. The Morgan fingerprint density at radius 3 is 2.35 bits per heavy atom. The van der Waals surface area contributed by atoms with Gasteiger partial charge in [0.05, 0.1) is 19.8 Å². The molecule has 3 N–H and O–H groups in total. The van der Waals surface area contributed by atoms with Crippen LogP contribution in [0, 0.1) is 0 Å². The van der Waals surface area contributed by atoms with Crippen LogP contribution in [0.4, 0.5) is 0 Å². The van der Waals surface area contributed by atoms with Gasteiger partial charge in [0, 0.05) is 0 Å². The second-order valence-electron chi connectivity index (χ2n) is 4.84. The molecule has 0 saturated carbocycles. The SMILES string of the molecule is COc1ccc(CO[C@@H]2[C@@H](O)[C@@H](O)C(O)O[C@H]2C)cc1. The van der Waals surface area contributed by atoms with Gasteiger partial charge in [-0.2, -0.15) is 0 Å². The molecule has 1 unspecified atom stereocenters. The number of ether oxygens (including phenoxy) is 3. The van der Waals surface area contributed by atoms with Crippen molar-refractivity contribution in [2.75, 3.05) is 7.11 Å². The normalized spacial score (nSPS) is 34.0. The van der Waals surface area contributed by atoms with Gasteiger partial charge in [-0.05, 0) is 24.6 Å². The van der Waals surface area contributed by atoms with Crippen molar-refractivity contribution < 1.29 is 29.5 Å². The van der Waals surface area contributed by atoms with E-state index < -0.39 is 30.7 Å². The summed E-state index contributed by atoms with van der Waals surface area (Å²) in [5.41, 5.74) is 0.908. The van der Waals surface area contributed by atoms with E-state index in [9.17, 15) is 15.3 Å². The highest BCUT2D eigenvalue weighted by atomic mass is 16.6. The largest absolute Gasteiger partial charge is 0.497 e. The van der Waals surface area contributed by atoms with Crippen molar-refractivity contribution >= 4 is 0 Å². The van der Waals surface area contributed by atoms with Crippen molar-refractivity contribution in [2.24, 2.45) is 0 Å². The van der Waals surface area contributed by atoms with Crippen molar-refractivity contribution in [3.63, 3.8) is 0 Å². The van der Waals surface area contributed by atoms with Gasteiger partial charge in [-0.3, -0.25) is 0 Å². The smallest absolute Gasteiger partial charge is 0.183 e. The minimum Gasteiger partial charge on any atom is -0.497 e. The maximum absolute atomic E-state index is 9.90. The number of benzene rings is 1. The molecule has 2 rings (SSSR count). The Labute approximate surface area is 117 Å². The van der Waals surface area contributed by atoms with Gasteiger partial charge in [0.15, 0.2) is 6.29 Å². The lowest BCUT2D eigenvalue weighted by Crippen LogP contribution is -2.57. The first-order valence-electron chi connectivity index (χ1n) is 6.47. The predicted molar refractivity (Wildman–Crippen MR) is 70.1 cm³/mol. The first-order valence-corrected chi connectivity index (χ1v) is 6.47. The molecule has 0 bridgehead atoms. The molecule has 1 aliphatic rings. The average molecular weight is 284 g/mol. The Morgan fingerprint density at radius 2 is 1.75 bits per heavy atom. The molecule has 0 aliphatic carbocycles. The molecular formula is C14H20O6. The van der Waals surface area contributed by atoms with Gasteiger partial charge in [0.25, 0.3) is 0 Å². The molecule has 0 radical (unpaired) electrons. The highest BCUT2D eigenvalue weighted by molar-refractivity contribution is 5.26. The van der Waals surface area contributed by atoms with Gasteiger partial charge in [-0.1, -0.05) is 12.1 Å². The Kier molecular flexibility index (Phi) is 4.95. The molecule has 1 saturated heterocycles. The predicted octanol–water partition coefficient (Wildman–Crippen LogP) is 0.0393. The number of methoxy groups -OCH3 is 1. The van der Waals surface area contributed by atoms with Crippen molar-refractivity contribution in [1.82, 2.24) is 0 Å². The van der Waals surface area contributed by atoms with E-state index in [0.29, 0.717) is 0 Å². The second-order valence-corrected chi connectivity index (χ2v) is 4.84. The zero-order valence-corrected chi connectivity index (χ0v) is 11.5. The third-order valence-corrected chi connectivity index (χ3v) is 3.40. The molecule has 1 aromatic carbocycles. The maximum atomic E-state index is 9.90.